The van der Waals surface area contributed by atoms with Crippen molar-refractivity contribution in [2.45, 2.75) is 32.2 Å². The Balaban J connectivity index is 1.48. The van der Waals surface area contributed by atoms with Crippen LogP contribution in [0.3, 0.4) is 0 Å². The molecule has 0 saturated heterocycles. The summed E-state index contributed by atoms with van der Waals surface area (Å²) in [5.74, 6) is 0.974. The van der Waals surface area contributed by atoms with Gasteiger partial charge in [-0.1, -0.05) is 36.8 Å². The molecule has 5 rings (SSSR count). The first kappa shape index (κ1) is 18.4. The molecule has 0 atom stereocenters. The first-order chi connectivity index (χ1) is 14.7. The summed E-state index contributed by atoms with van der Waals surface area (Å²) in [4.78, 5) is 29.5. The molecule has 0 spiro atoms. The Bertz CT molecular complexity index is 1120. The van der Waals surface area contributed by atoms with E-state index in [9.17, 15) is 9.59 Å². The SMILES string of the molecule is O=C1COc2ccc(NC(=O)c3nc(-c4ccccc4)n4c3CCCCC4)cc2N1. The zero-order valence-electron chi connectivity index (χ0n) is 16.5. The Morgan fingerprint density at radius 3 is 2.83 bits per heavy atom. The minimum atomic E-state index is -0.245. The Morgan fingerprint density at radius 2 is 1.97 bits per heavy atom. The molecule has 2 aliphatic heterocycles. The normalized spacial score (nSPS) is 15.3. The van der Waals surface area contributed by atoms with E-state index in [0.717, 1.165) is 49.3 Å². The van der Waals surface area contributed by atoms with Crippen molar-refractivity contribution in [1.82, 2.24) is 9.55 Å². The van der Waals surface area contributed by atoms with Gasteiger partial charge in [0.05, 0.1) is 11.4 Å². The fourth-order valence-corrected chi connectivity index (χ4v) is 4.06. The number of nitrogens with zero attached hydrogens (tertiary/aromatic N) is 2. The van der Waals surface area contributed by atoms with Crippen LogP contribution >= 0.6 is 0 Å². The summed E-state index contributed by atoms with van der Waals surface area (Å²) in [5.41, 5.74) is 3.60. The molecular formula is C23H22N4O3. The minimum Gasteiger partial charge on any atom is -0.482 e. The van der Waals surface area contributed by atoms with Crippen LogP contribution in [0.25, 0.3) is 11.4 Å². The number of ether oxygens (including phenoxy) is 1. The predicted octanol–water partition coefficient (Wildman–Crippen LogP) is 3.86. The molecule has 0 saturated carbocycles. The largest absolute Gasteiger partial charge is 0.482 e. The number of imidazole rings is 1. The van der Waals surface area contributed by atoms with Crippen LogP contribution in [0.4, 0.5) is 11.4 Å². The van der Waals surface area contributed by atoms with Gasteiger partial charge in [-0.05, 0) is 37.5 Å². The van der Waals surface area contributed by atoms with Gasteiger partial charge in [-0.2, -0.15) is 0 Å². The number of carbonyl (C=O) groups excluding carboxylic acids is 2. The summed E-state index contributed by atoms with van der Waals surface area (Å²) < 4.78 is 7.57. The molecule has 0 fully saturated rings. The number of carbonyl (C=O) groups is 2. The maximum absolute atomic E-state index is 13.2. The van der Waals surface area contributed by atoms with Crippen LogP contribution < -0.4 is 15.4 Å². The maximum atomic E-state index is 13.2. The summed E-state index contributed by atoms with van der Waals surface area (Å²) in [6, 6.07) is 15.2. The van der Waals surface area contributed by atoms with Crippen LogP contribution in [0.15, 0.2) is 48.5 Å². The number of benzene rings is 2. The zero-order chi connectivity index (χ0) is 20.5. The number of hydrogen-bond donors (Lipinski definition) is 2. The molecule has 3 aromatic rings. The van der Waals surface area contributed by atoms with Gasteiger partial charge in [0.1, 0.15) is 17.3 Å². The number of anilines is 2. The molecule has 7 heteroatoms. The van der Waals surface area contributed by atoms with E-state index < -0.39 is 0 Å². The van der Waals surface area contributed by atoms with Crippen LogP contribution in [-0.4, -0.2) is 28.0 Å². The number of rotatable bonds is 3. The zero-order valence-corrected chi connectivity index (χ0v) is 16.5. The molecule has 2 aliphatic rings. The average molecular weight is 402 g/mol. The van der Waals surface area contributed by atoms with Gasteiger partial charge >= 0.3 is 0 Å². The molecule has 1 aromatic heterocycles. The Labute approximate surface area is 174 Å². The second-order valence-electron chi connectivity index (χ2n) is 7.56. The van der Waals surface area contributed by atoms with Crippen LogP contribution in [0.2, 0.25) is 0 Å². The minimum absolute atomic E-state index is 0.00175. The molecule has 2 amide bonds. The average Bonchev–Trinajstić information content (AvgIpc) is 2.95. The summed E-state index contributed by atoms with van der Waals surface area (Å²) >= 11 is 0. The third-order valence-electron chi connectivity index (χ3n) is 5.49. The van der Waals surface area contributed by atoms with Gasteiger partial charge in [-0.15, -0.1) is 0 Å². The first-order valence-electron chi connectivity index (χ1n) is 10.2. The number of aromatic nitrogens is 2. The van der Waals surface area contributed by atoms with Crippen molar-refractivity contribution in [1.29, 1.82) is 0 Å². The van der Waals surface area contributed by atoms with Gasteiger partial charge < -0.3 is 19.9 Å². The lowest BCUT2D eigenvalue weighted by Crippen LogP contribution is -2.25. The van der Waals surface area contributed by atoms with E-state index in [1.807, 2.05) is 30.3 Å². The fourth-order valence-electron chi connectivity index (χ4n) is 4.06. The third kappa shape index (κ3) is 3.43. The summed E-state index contributed by atoms with van der Waals surface area (Å²) in [6.07, 6.45) is 4.09. The molecule has 0 aliphatic carbocycles. The first-order valence-corrected chi connectivity index (χ1v) is 10.2. The number of amides is 2. The van der Waals surface area contributed by atoms with Gasteiger partial charge in [0.2, 0.25) is 0 Å². The topological polar surface area (TPSA) is 85.2 Å². The van der Waals surface area contributed by atoms with E-state index in [0.29, 0.717) is 22.8 Å². The summed E-state index contributed by atoms with van der Waals surface area (Å²) in [6.45, 7) is 0.865. The van der Waals surface area contributed by atoms with Crippen molar-refractivity contribution in [3.63, 3.8) is 0 Å². The third-order valence-corrected chi connectivity index (χ3v) is 5.49. The van der Waals surface area contributed by atoms with E-state index in [1.54, 1.807) is 18.2 Å². The van der Waals surface area contributed by atoms with Crippen LogP contribution in [-0.2, 0) is 17.8 Å². The van der Waals surface area contributed by atoms with Gasteiger partial charge in [-0.25, -0.2) is 4.98 Å². The molecule has 2 aromatic carbocycles. The van der Waals surface area contributed by atoms with Crippen LogP contribution in [0.5, 0.6) is 5.75 Å². The highest BCUT2D eigenvalue weighted by Gasteiger charge is 2.25. The number of fused-ring (bicyclic) bond motifs is 2. The van der Waals surface area contributed by atoms with E-state index in [-0.39, 0.29) is 18.4 Å². The Hall–Kier alpha value is -3.61. The fraction of sp³-hybridized carbons (Fsp3) is 0.261. The van der Waals surface area contributed by atoms with Gasteiger partial charge in [-0.3, -0.25) is 9.59 Å². The van der Waals surface area contributed by atoms with E-state index in [1.165, 1.54) is 0 Å². The number of nitrogens with one attached hydrogen (secondary N) is 2. The van der Waals surface area contributed by atoms with Gasteiger partial charge in [0.25, 0.3) is 11.8 Å². The van der Waals surface area contributed by atoms with Gasteiger partial charge in [0, 0.05) is 17.8 Å². The van der Waals surface area contributed by atoms with Crippen molar-refractivity contribution in [2.75, 3.05) is 17.2 Å². The monoisotopic (exact) mass is 402 g/mol. The molecule has 152 valence electrons. The molecule has 30 heavy (non-hydrogen) atoms. The van der Waals surface area contributed by atoms with Crippen molar-refractivity contribution in [3.8, 4) is 17.1 Å². The van der Waals surface area contributed by atoms with Crippen molar-refractivity contribution in [3.05, 3.63) is 59.9 Å². The lowest BCUT2D eigenvalue weighted by atomic mass is 10.1. The molecule has 0 unspecified atom stereocenters. The summed E-state index contributed by atoms with van der Waals surface area (Å²) in [5, 5.41) is 5.70. The quantitative estimate of drug-likeness (QED) is 0.697. The lowest BCUT2D eigenvalue weighted by molar-refractivity contribution is -0.118. The molecule has 3 heterocycles. The Morgan fingerprint density at radius 1 is 1.10 bits per heavy atom. The highest BCUT2D eigenvalue weighted by Crippen LogP contribution is 2.31. The van der Waals surface area contributed by atoms with Crippen LogP contribution in [0.1, 0.15) is 35.4 Å². The lowest BCUT2D eigenvalue weighted by Gasteiger charge is -2.18. The van der Waals surface area contributed by atoms with Crippen molar-refractivity contribution < 1.29 is 14.3 Å². The molecule has 0 bridgehead atoms. The predicted molar refractivity (Wildman–Crippen MR) is 114 cm³/mol. The number of hydrogen-bond acceptors (Lipinski definition) is 4. The second kappa shape index (κ2) is 7.67. The Kier molecular flexibility index (Phi) is 4.71. The molecule has 7 nitrogen and oxygen atoms in total. The van der Waals surface area contributed by atoms with E-state index >= 15 is 0 Å². The smallest absolute Gasteiger partial charge is 0.276 e. The maximum Gasteiger partial charge on any atom is 0.276 e. The van der Waals surface area contributed by atoms with Crippen molar-refractivity contribution >= 4 is 23.2 Å². The van der Waals surface area contributed by atoms with Crippen molar-refractivity contribution in [2.24, 2.45) is 0 Å². The van der Waals surface area contributed by atoms with Crippen LogP contribution in [0, 0.1) is 0 Å². The highest BCUT2D eigenvalue weighted by atomic mass is 16.5. The standard InChI is InChI=1S/C23H22N4O3/c28-20-14-30-19-11-10-16(13-17(19)25-20)24-23(29)21-18-9-5-2-6-12-27(18)22(26-21)15-7-3-1-4-8-15/h1,3-4,7-8,10-11,13H,2,5-6,9,12,14H2,(H,24,29)(H,25,28). The van der Waals surface area contributed by atoms with Gasteiger partial charge in [0.15, 0.2) is 6.61 Å². The van der Waals surface area contributed by atoms with E-state index in [2.05, 4.69) is 15.2 Å². The molecular weight excluding hydrogens is 380 g/mol. The molecule has 0 radical (unpaired) electrons. The second-order valence-corrected chi connectivity index (χ2v) is 7.56. The van der Waals surface area contributed by atoms with E-state index in [4.69, 9.17) is 9.72 Å². The highest BCUT2D eigenvalue weighted by molar-refractivity contribution is 6.05. The molecule has 2 N–H and O–H groups in total. The summed E-state index contributed by atoms with van der Waals surface area (Å²) in [7, 11) is 0.